The second kappa shape index (κ2) is 7.83. The van der Waals surface area contributed by atoms with Crippen molar-refractivity contribution in [2.75, 3.05) is 31.1 Å². The van der Waals surface area contributed by atoms with Crippen molar-refractivity contribution in [2.45, 2.75) is 6.92 Å². The number of rotatable bonds is 3. The zero-order valence-corrected chi connectivity index (χ0v) is 14.4. The normalized spacial score (nSPS) is 15.3. The molecule has 1 fully saturated rings. The molecular formula is C17H20N6S. The maximum atomic E-state index is 5.45. The Bertz CT molecular complexity index is 696. The molecule has 1 aliphatic heterocycles. The van der Waals surface area contributed by atoms with Crippen LogP contribution in [0.25, 0.3) is 0 Å². The minimum Gasteiger partial charge on any atom is -0.353 e. The lowest BCUT2D eigenvalue weighted by Crippen LogP contribution is -2.51. The first-order valence-electron chi connectivity index (χ1n) is 7.90. The number of hydrogen-bond acceptors (Lipinski definition) is 5. The third-order valence-corrected chi connectivity index (χ3v) is 4.24. The van der Waals surface area contributed by atoms with Crippen LogP contribution in [-0.2, 0) is 0 Å². The van der Waals surface area contributed by atoms with Crippen LogP contribution >= 0.6 is 12.2 Å². The number of aromatic nitrogens is 2. The number of pyridine rings is 2. The summed E-state index contributed by atoms with van der Waals surface area (Å²) in [6.45, 7) is 5.39. The fraction of sp³-hybridized carbons (Fsp3) is 0.294. The first-order chi connectivity index (χ1) is 11.7. The third-order valence-electron chi connectivity index (χ3n) is 3.89. The Hall–Kier alpha value is -2.54. The lowest BCUT2D eigenvalue weighted by atomic mass is 10.3. The van der Waals surface area contributed by atoms with E-state index in [4.69, 9.17) is 12.2 Å². The van der Waals surface area contributed by atoms with E-state index in [1.165, 1.54) is 0 Å². The van der Waals surface area contributed by atoms with Gasteiger partial charge in [0.15, 0.2) is 5.11 Å². The molecule has 0 saturated carbocycles. The summed E-state index contributed by atoms with van der Waals surface area (Å²) in [4.78, 5) is 13.1. The van der Waals surface area contributed by atoms with Gasteiger partial charge in [0, 0.05) is 38.6 Å². The second-order valence-corrected chi connectivity index (χ2v) is 5.88. The van der Waals surface area contributed by atoms with Gasteiger partial charge >= 0.3 is 0 Å². The largest absolute Gasteiger partial charge is 0.353 e. The highest BCUT2D eigenvalue weighted by Gasteiger charge is 2.19. The van der Waals surface area contributed by atoms with Crippen molar-refractivity contribution in [3.05, 3.63) is 54.5 Å². The van der Waals surface area contributed by atoms with Crippen LogP contribution in [-0.4, -0.2) is 51.9 Å². The van der Waals surface area contributed by atoms with Gasteiger partial charge in [-0.15, -0.1) is 0 Å². The van der Waals surface area contributed by atoms with E-state index in [1.54, 1.807) is 6.20 Å². The molecular weight excluding hydrogens is 320 g/mol. The van der Waals surface area contributed by atoms with E-state index in [2.05, 4.69) is 30.3 Å². The molecule has 3 heterocycles. The summed E-state index contributed by atoms with van der Waals surface area (Å²) in [7, 11) is 0. The van der Waals surface area contributed by atoms with Gasteiger partial charge in [0.2, 0.25) is 0 Å². The standard InChI is InChI=1S/C17H20N6S/c1-14(15-6-2-4-8-18-15)20-21-17(24)23-12-10-22(11-13-23)16-7-3-5-9-19-16/h2-9H,10-13H2,1H3,(H,21,24)/b20-14+. The molecule has 0 atom stereocenters. The minimum absolute atomic E-state index is 0.644. The minimum atomic E-state index is 0.644. The molecule has 0 amide bonds. The summed E-state index contributed by atoms with van der Waals surface area (Å²) >= 11 is 5.45. The van der Waals surface area contributed by atoms with Gasteiger partial charge in [0.05, 0.1) is 11.4 Å². The molecule has 0 spiro atoms. The van der Waals surface area contributed by atoms with Gasteiger partial charge in [-0.05, 0) is 43.4 Å². The van der Waals surface area contributed by atoms with Gasteiger partial charge in [-0.2, -0.15) is 5.10 Å². The summed E-state index contributed by atoms with van der Waals surface area (Å²) in [6.07, 6.45) is 3.58. The molecule has 124 valence electrons. The van der Waals surface area contributed by atoms with Crippen LogP contribution in [0.2, 0.25) is 0 Å². The molecule has 2 aromatic rings. The number of hydrazone groups is 1. The average molecular weight is 340 g/mol. The topological polar surface area (TPSA) is 56.7 Å². The molecule has 24 heavy (non-hydrogen) atoms. The Labute approximate surface area is 147 Å². The first-order valence-corrected chi connectivity index (χ1v) is 8.31. The number of nitrogens with one attached hydrogen (secondary N) is 1. The fourth-order valence-corrected chi connectivity index (χ4v) is 2.74. The van der Waals surface area contributed by atoms with E-state index in [1.807, 2.05) is 49.5 Å². The van der Waals surface area contributed by atoms with Crippen molar-refractivity contribution < 1.29 is 0 Å². The average Bonchev–Trinajstić information content (AvgIpc) is 2.67. The van der Waals surface area contributed by atoms with Crippen LogP contribution < -0.4 is 10.3 Å². The van der Waals surface area contributed by atoms with Crippen LogP contribution in [0.4, 0.5) is 5.82 Å². The van der Waals surface area contributed by atoms with E-state index < -0.39 is 0 Å². The molecule has 1 aliphatic rings. The highest BCUT2D eigenvalue weighted by Crippen LogP contribution is 2.12. The van der Waals surface area contributed by atoms with Gasteiger partial charge in [-0.25, -0.2) is 4.98 Å². The number of hydrogen-bond donors (Lipinski definition) is 1. The number of piperazine rings is 1. The zero-order chi connectivity index (χ0) is 16.8. The summed E-state index contributed by atoms with van der Waals surface area (Å²) in [5, 5.41) is 4.99. The van der Waals surface area contributed by atoms with Crippen molar-refractivity contribution in [2.24, 2.45) is 5.10 Å². The van der Waals surface area contributed by atoms with Gasteiger partial charge in [0.1, 0.15) is 5.82 Å². The number of nitrogens with zero attached hydrogens (tertiary/aromatic N) is 5. The highest BCUT2D eigenvalue weighted by molar-refractivity contribution is 7.80. The zero-order valence-electron chi connectivity index (χ0n) is 13.6. The molecule has 0 unspecified atom stereocenters. The lowest BCUT2D eigenvalue weighted by molar-refractivity contribution is 0.380. The van der Waals surface area contributed by atoms with Crippen LogP contribution in [0, 0.1) is 0 Å². The van der Waals surface area contributed by atoms with Gasteiger partial charge in [0.25, 0.3) is 0 Å². The maximum Gasteiger partial charge on any atom is 0.189 e. The van der Waals surface area contributed by atoms with Gasteiger partial charge < -0.3 is 9.80 Å². The molecule has 0 aliphatic carbocycles. The molecule has 1 saturated heterocycles. The van der Waals surface area contributed by atoms with Crippen molar-refractivity contribution in [1.82, 2.24) is 20.3 Å². The van der Waals surface area contributed by atoms with E-state index in [-0.39, 0.29) is 0 Å². The van der Waals surface area contributed by atoms with Crippen LogP contribution in [0.5, 0.6) is 0 Å². The summed E-state index contributed by atoms with van der Waals surface area (Å²) in [5.74, 6) is 1.01. The predicted molar refractivity (Wildman–Crippen MR) is 100 cm³/mol. The second-order valence-electron chi connectivity index (χ2n) is 5.49. The molecule has 0 bridgehead atoms. The Morgan fingerprint density at radius 1 is 1.04 bits per heavy atom. The summed E-state index contributed by atoms with van der Waals surface area (Å²) in [5.41, 5.74) is 4.63. The van der Waals surface area contributed by atoms with Crippen LogP contribution in [0.1, 0.15) is 12.6 Å². The quantitative estimate of drug-likeness (QED) is 0.523. The maximum absolute atomic E-state index is 5.45. The van der Waals surface area contributed by atoms with Crippen molar-refractivity contribution >= 4 is 28.9 Å². The predicted octanol–water partition coefficient (Wildman–Crippen LogP) is 1.90. The Morgan fingerprint density at radius 2 is 1.75 bits per heavy atom. The molecule has 6 nitrogen and oxygen atoms in total. The smallest absolute Gasteiger partial charge is 0.189 e. The first kappa shape index (κ1) is 16.3. The van der Waals surface area contributed by atoms with Crippen LogP contribution in [0.3, 0.4) is 0 Å². The lowest BCUT2D eigenvalue weighted by Gasteiger charge is -2.36. The van der Waals surface area contributed by atoms with E-state index >= 15 is 0 Å². The molecule has 7 heteroatoms. The fourth-order valence-electron chi connectivity index (χ4n) is 2.52. The Kier molecular flexibility index (Phi) is 5.32. The summed E-state index contributed by atoms with van der Waals surface area (Å²) in [6, 6.07) is 11.7. The molecule has 3 rings (SSSR count). The van der Waals surface area contributed by atoms with E-state index in [9.17, 15) is 0 Å². The molecule has 0 radical (unpaired) electrons. The monoisotopic (exact) mass is 340 g/mol. The van der Waals surface area contributed by atoms with E-state index in [0.717, 1.165) is 43.4 Å². The summed E-state index contributed by atoms with van der Waals surface area (Å²) < 4.78 is 0. The molecule has 1 N–H and O–H groups in total. The van der Waals surface area contributed by atoms with Gasteiger partial charge in [-0.1, -0.05) is 12.1 Å². The number of anilines is 1. The van der Waals surface area contributed by atoms with E-state index in [0.29, 0.717) is 5.11 Å². The Morgan fingerprint density at radius 3 is 2.38 bits per heavy atom. The van der Waals surface area contributed by atoms with Crippen LogP contribution in [0.15, 0.2) is 53.9 Å². The SMILES string of the molecule is C/C(=N\NC(=S)N1CCN(c2ccccn2)CC1)c1ccccn1. The third kappa shape index (κ3) is 4.05. The van der Waals surface area contributed by atoms with Gasteiger partial charge in [-0.3, -0.25) is 10.4 Å². The number of thiocarbonyl (C=S) groups is 1. The van der Waals surface area contributed by atoms with Crippen molar-refractivity contribution in [3.8, 4) is 0 Å². The highest BCUT2D eigenvalue weighted by atomic mass is 32.1. The molecule has 0 aromatic carbocycles. The van der Waals surface area contributed by atoms with Crippen molar-refractivity contribution in [3.63, 3.8) is 0 Å². The van der Waals surface area contributed by atoms with Crippen molar-refractivity contribution in [1.29, 1.82) is 0 Å². The Balaban J connectivity index is 1.52. The molecule has 2 aromatic heterocycles.